The Labute approximate surface area is 131 Å². The maximum Gasteiger partial charge on any atom is 0.0148 e. The van der Waals surface area contributed by atoms with Crippen molar-refractivity contribution in [2.24, 2.45) is 0 Å². The number of rotatable bonds is 3. The summed E-state index contributed by atoms with van der Waals surface area (Å²) in [5, 5.41) is 0. The molecule has 0 amide bonds. The van der Waals surface area contributed by atoms with E-state index in [9.17, 15) is 0 Å². The summed E-state index contributed by atoms with van der Waals surface area (Å²) in [6.45, 7) is 0. The lowest BCUT2D eigenvalue weighted by atomic mass is 9.86. The normalized spacial score (nSPS) is 16.2. The van der Waals surface area contributed by atoms with Gasteiger partial charge in [-0.1, -0.05) is 84.9 Å². The predicted molar refractivity (Wildman–Crippen MR) is 91.5 cm³/mol. The zero-order valence-electron chi connectivity index (χ0n) is 12.4. The SMILES string of the molecule is [C]1=C(c2ccccc2)C(Cc2ccccc2)c2ccccc21. The third kappa shape index (κ3) is 2.37. The van der Waals surface area contributed by atoms with E-state index in [1.807, 2.05) is 0 Å². The van der Waals surface area contributed by atoms with E-state index in [1.54, 1.807) is 0 Å². The summed E-state index contributed by atoms with van der Waals surface area (Å²) in [5.41, 5.74) is 6.59. The smallest absolute Gasteiger partial charge is 0.0148 e. The van der Waals surface area contributed by atoms with Crippen LogP contribution in [0.1, 0.15) is 28.2 Å². The van der Waals surface area contributed by atoms with Crippen LogP contribution in [0, 0.1) is 6.08 Å². The van der Waals surface area contributed by atoms with Crippen LogP contribution in [0.2, 0.25) is 0 Å². The number of benzene rings is 3. The van der Waals surface area contributed by atoms with E-state index in [0.717, 1.165) is 6.42 Å². The van der Waals surface area contributed by atoms with E-state index in [1.165, 1.54) is 27.8 Å². The molecule has 1 atom stereocenters. The molecular formula is C22H17. The van der Waals surface area contributed by atoms with E-state index in [-0.39, 0.29) is 0 Å². The number of hydrogen-bond donors (Lipinski definition) is 0. The van der Waals surface area contributed by atoms with Gasteiger partial charge in [-0.15, -0.1) is 0 Å². The van der Waals surface area contributed by atoms with E-state index >= 15 is 0 Å². The largest absolute Gasteiger partial charge is 0.0622 e. The van der Waals surface area contributed by atoms with Crippen molar-refractivity contribution in [2.45, 2.75) is 12.3 Å². The van der Waals surface area contributed by atoms with Crippen molar-refractivity contribution in [2.75, 3.05) is 0 Å². The maximum absolute atomic E-state index is 3.64. The maximum atomic E-state index is 3.64. The highest BCUT2D eigenvalue weighted by Gasteiger charge is 2.26. The second-order valence-electron chi connectivity index (χ2n) is 5.73. The van der Waals surface area contributed by atoms with Gasteiger partial charge in [-0.05, 0) is 40.3 Å². The molecule has 0 saturated heterocycles. The van der Waals surface area contributed by atoms with E-state index in [0.29, 0.717) is 5.92 Å². The zero-order chi connectivity index (χ0) is 14.8. The lowest BCUT2D eigenvalue weighted by Crippen LogP contribution is -2.03. The standard InChI is InChI=1S/C22H17/c1-3-9-17(10-4-1)15-22-20-14-8-7-13-19(20)16-21(22)18-11-5-2-6-12-18/h1-14,22H,15H2. The molecule has 4 rings (SSSR count). The summed E-state index contributed by atoms with van der Waals surface area (Å²) < 4.78 is 0. The molecule has 3 aromatic carbocycles. The molecule has 1 unspecified atom stereocenters. The van der Waals surface area contributed by atoms with Gasteiger partial charge < -0.3 is 0 Å². The third-order valence-electron chi connectivity index (χ3n) is 4.32. The van der Waals surface area contributed by atoms with Crippen LogP contribution in [0.5, 0.6) is 0 Å². The van der Waals surface area contributed by atoms with Crippen LogP contribution in [-0.4, -0.2) is 0 Å². The number of fused-ring (bicyclic) bond motifs is 1. The highest BCUT2D eigenvalue weighted by Crippen LogP contribution is 2.42. The Balaban J connectivity index is 1.77. The van der Waals surface area contributed by atoms with Crippen LogP contribution < -0.4 is 0 Å². The molecule has 105 valence electrons. The Morgan fingerprint density at radius 1 is 0.682 bits per heavy atom. The average molecular weight is 281 g/mol. The van der Waals surface area contributed by atoms with Gasteiger partial charge in [0, 0.05) is 5.92 Å². The third-order valence-corrected chi connectivity index (χ3v) is 4.32. The molecule has 0 spiro atoms. The van der Waals surface area contributed by atoms with Crippen LogP contribution >= 0.6 is 0 Å². The van der Waals surface area contributed by atoms with E-state index in [4.69, 9.17) is 0 Å². The molecule has 1 aliphatic carbocycles. The summed E-state index contributed by atoms with van der Waals surface area (Å²) in [6, 6.07) is 30.0. The minimum absolute atomic E-state index is 0.390. The molecule has 1 aliphatic rings. The van der Waals surface area contributed by atoms with Crippen molar-refractivity contribution in [1.82, 2.24) is 0 Å². The molecule has 0 aliphatic heterocycles. The molecule has 0 nitrogen and oxygen atoms in total. The van der Waals surface area contributed by atoms with Crippen molar-refractivity contribution < 1.29 is 0 Å². The van der Waals surface area contributed by atoms with Gasteiger partial charge in [-0.3, -0.25) is 0 Å². The van der Waals surface area contributed by atoms with E-state index < -0.39 is 0 Å². The van der Waals surface area contributed by atoms with Gasteiger partial charge in [0.1, 0.15) is 0 Å². The van der Waals surface area contributed by atoms with Gasteiger partial charge in [-0.2, -0.15) is 0 Å². The topological polar surface area (TPSA) is 0 Å². The fourth-order valence-electron chi connectivity index (χ4n) is 3.26. The summed E-state index contributed by atoms with van der Waals surface area (Å²) in [5.74, 6) is 0.390. The van der Waals surface area contributed by atoms with Crippen LogP contribution in [0.3, 0.4) is 0 Å². The first-order valence-electron chi connectivity index (χ1n) is 7.74. The van der Waals surface area contributed by atoms with Gasteiger partial charge in [0.25, 0.3) is 0 Å². The lowest BCUT2D eigenvalue weighted by Gasteiger charge is -2.17. The molecule has 0 fully saturated rings. The predicted octanol–water partition coefficient (Wildman–Crippen LogP) is 5.26. The summed E-state index contributed by atoms with van der Waals surface area (Å²) >= 11 is 0. The van der Waals surface area contributed by atoms with Crippen LogP contribution in [-0.2, 0) is 6.42 Å². The van der Waals surface area contributed by atoms with Crippen LogP contribution in [0.4, 0.5) is 0 Å². The molecule has 1 radical (unpaired) electrons. The Hall–Kier alpha value is -2.60. The molecule has 22 heavy (non-hydrogen) atoms. The molecule has 0 aromatic heterocycles. The molecule has 0 saturated carbocycles. The van der Waals surface area contributed by atoms with Crippen molar-refractivity contribution in [3.05, 3.63) is 113 Å². The monoisotopic (exact) mass is 281 g/mol. The molecule has 0 bridgehead atoms. The summed E-state index contributed by atoms with van der Waals surface area (Å²) in [6.07, 6.45) is 4.66. The minimum Gasteiger partial charge on any atom is -0.0622 e. The average Bonchev–Trinajstić information content (AvgIpc) is 2.95. The van der Waals surface area contributed by atoms with Gasteiger partial charge >= 0.3 is 0 Å². The highest BCUT2D eigenvalue weighted by atomic mass is 14.3. The molecular weight excluding hydrogens is 264 g/mol. The second-order valence-corrected chi connectivity index (χ2v) is 5.73. The molecule has 0 N–H and O–H groups in total. The van der Waals surface area contributed by atoms with Crippen LogP contribution in [0.15, 0.2) is 84.9 Å². The first-order chi connectivity index (χ1) is 10.9. The van der Waals surface area contributed by atoms with Crippen LogP contribution in [0.25, 0.3) is 5.57 Å². The summed E-state index contributed by atoms with van der Waals surface area (Å²) in [4.78, 5) is 0. The first kappa shape index (κ1) is 13.1. The number of allylic oxidation sites excluding steroid dienone is 1. The fraction of sp³-hybridized carbons (Fsp3) is 0.0909. The Kier molecular flexibility index (Phi) is 3.36. The Morgan fingerprint density at radius 2 is 1.32 bits per heavy atom. The Morgan fingerprint density at radius 3 is 2.09 bits per heavy atom. The van der Waals surface area contributed by atoms with E-state index in [2.05, 4.69) is 91.0 Å². The zero-order valence-corrected chi connectivity index (χ0v) is 12.4. The van der Waals surface area contributed by atoms with Crippen molar-refractivity contribution in [1.29, 1.82) is 0 Å². The van der Waals surface area contributed by atoms with Crippen molar-refractivity contribution >= 4 is 5.57 Å². The first-order valence-corrected chi connectivity index (χ1v) is 7.74. The lowest BCUT2D eigenvalue weighted by molar-refractivity contribution is 0.866. The Bertz CT molecular complexity index is 798. The number of hydrogen-bond acceptors (Lipinski definition) is 0. The fourth-order valence-corrected chi connectivity index (χ4v) is 3.26. The van der Waals surface area contributed by atoms with Crippen molar-refractivity contribution in [3.8, 4) is 0 Å². The van der Waals surface area contributed by atoms with Gasteiger partial charge in [0.2, 0.25) is 0 Å². The second kappa shape index (κ2) is 5.65. The molecule has 0 heterocycles. The van der Waals surface area contributed by atoms with Crippen molar-refractivity contribution in [3.63, 3.8) is 0 Å². The van der Waals surface area contributed by atoms with Gasteiger partial charge in [0.15, 0.2) is 0 Å². The molecule has 0 heteroatoms. The van der Waals surface area contributed by atoms with Gasteiger partial charge in [0.05, 0.1) is 0 Å². The minimum atomic E-state index is 0.390. The summed E-state index contributed by atoms with van der Waals surface area (Å²) in [7, 11) is 0. The van der Waals surface area contributed by atoms with Gasteiger partial charge in [-0.25, -0.2) is 0 Å². The quantitative estimate of drug-likeness (QED) is 0.614. The molecule has 3 aromatic rings. The highest BCUT2D eigenvalue weighted by molar-refractivity contribution is 5.77.